The van der Waals surface area contributed by atoms with Crippen molar-refractivity contribution in [1.29, 1.82) is 0 Å². The molecule has 0 unspecified atom stereocenters. The molecule has 1 fully saturated rings. The zero-order valence-corrected chi connectivity index (χ0v) is 7.64. The minimum absolute atomic E-state index is 0.502. The van der Waals surface area contributed by atoms with E-state index in [4.69, 9.17) is 0 Å². The van der Waals surface area contributed by atoms with Gasteiger partial charge in [-0.25, -0.2) is 0 Å². The van der Waals surface area contributed by atoms with Gasteiger partial charge in [0.1, 0.15) is 0 Å². The molecule has 4 nitrogen and oxygen atoms in total. The second-order valence-electron chi connectivity index (χ2n) is 3.52. The molecule has 0 aromatic carbocycles. The number of anilines is 1. The van der Waals surface area contributed by atoms with Crippen molar-refractivity contribution in [3.05, 3.63) is 18.3 Å². The lowest BCUT2D eigenvalue weighted by Crippen LogP contribution is -2.61. The van der Waals surface area contributed by atoms with E-state index in [1.165, 1.54) is 0 Å². The van der Waals surface area contributed by atoms with Gasteiger partial charge in [0.05, 0.1) is 18.7 Å². The molecule has 0 bridgehead atoms. The monoisotopic (exact) mass is 179 g/mol. The predicted octanol–water partition coefficient (Wildman–Crippen LogP) is 0.438. The van der Waals surface area contributed by atoms with Crippen molar-refractivity contribution in [3.63, 3.8) is 0 Å². The Morgan fingerprint density at radius 2 is 2.38 bits per heavy atom. The van der Waals surface area contributed by atoms with Gasteiger partial charge in [-0.2, -0.15) is 5.10 Å². The standard InChI is InChI=1S/C9H13N3O/c1-2-9(13)6-12(7-9)8-4-3-5-10-11-8/h3-5,13H,2,6-7H2,1H3. The lowest BCUT2D eigenvalue weighted by molar-refractivity contribution is 0.00797. The molecule has 0 amide bonds. The second kappa shape index (κ2) is 2.96. The molecule has 1 saturated heterocycles. The zero-order valence-electron chi connectivity index (χ0n) is 7.64. The summed E-state index contributed by atoms with van der Waals surface area (Å²) in [6, 6.07) is 3.76. The zero-order chi connectivity index (χ0) is 9.31. The van der Waals surface area contributed by atoms with E-state index >= 15 is 0 Å². The van der Waals surface area contributed by atoms with Gasteiger partial charge in [0.15, 0.2) is 5.82 Å². The van der Waals surface area contributed by atoms with Crippen LogP contribution in [0.4, 0.5) is 5.82 Å². The first-order chi connectivity index (χ1) is 6.23. The van der Waals surface area contributed by atoms with Crippen molar-refractivity contribution >= 4 is 5.82 Å². The highest BCUT2D eigenvalue weighted by molar-refractivity contribution is 5.42. The fraction of sp³-hybridized carbons (Fsp3) is 0.556. The van der Waals surface area contributed by atoms with E-state index in [0.717, 1.165) is 12.2 Å². The Morgan fingerprint density at radius 3 is 2.92 bits per heavy atom. The van der Waals surface area contributed by atoms with Crippen LogP contribution < -0.4 is 4.90 Å². The molecule has 0 spiro atoms. The largest absolute Gasteiger partial charge is 0.386 e. The Bertz CT molecular complexity index is 282. The van der Waals surface area contributed by atoms with Crippen LogP contribution >= 0.6 is 0 Å². The van der Waals surface area contributed by atoms with Crippen LogP contribution in [0.15, 0.2) is 18.3 Å². The van der Waals surface area contributed by atoms with Crippen LogP contribution in [-0.2, 0) is 0 Å². The maximum absolute atomic E-state index is 9.76. The highest BCUT2D eigenvalue weighted by Gasteiger charge is 2.40. The molecule has 0 aliphatic carbocycles. The van der Waals surface area contributed by atoms with E-state index < -0.39 is 5.60 Å². The molecular weight excluding hydrogens is 166 g/mol. The second-order valence-corrected chi connectivity index (χ2v) is 3.52. The molecule has 13 heavy (non-hydrogen) atoms. The SMILES string of the molecule is CCC1(O)CN(c2cccnn2)C1. The quantitative estimate of drug-likeness (QED) is 0.715. The Labute approximate surface area is 77.2 Å². The molecule has 0 atom stereocenters. The molecule has 1 aromatic rings. The summed E-state index contributed by atoms with van der Waals surface area (Å²) >= 11 is 0. The first kappa shape index (κ1) is 8.44. The molecule has 0 saturated carbocycles. The van der Waals surface area contributed by atoms with Crippen molar-refractivity contribution in [2.75, 3.05) is 18.0 Å². The van der Waals surface area contributed by atoms with E-state index in [1.807, 2.05) is 24.0 Å². The smallest absolute Gasteiger partial charge is 0.151 e. The van der Waals surface area contributed by atoms with Crippen molar-refractivity contribution < 1.29 is 5.11 Å². The average Bonchev–Trinajstić information content (AvgIpc) is 2.14. The molecule has 1 aliphatic rings. The molecule has 1 aliphatic heterocycles. The molecule has 2 heterocycles. The van der Waals surface area contributed by atoms with Crippen LogP contribution in [-0.4, -0.2) is 34.0 Å². The number of hydrogen-bond donors (Lipinski definition) is 1. The third-order valence-corrected chi connectivity index (χ3v) is 2.51. The van der Waals surface area contributed by atoms with Gasteiger partial charge in [0, 0.05) is 6.20 Å². The highest BCUT2D eigenvalue weighted by Crippen LogP contribution is 2.27. The summed E-state index contributed by atoms with van der Waals surface area (Å²) in [7, 11) is 0. The van der Waals surface area contributed by atoms with Gasteiger partial charge >= 0.3 is 0 Å². The maximum atomic E-state index is 9.76. The van der Waals surface area contributed by atoms with E-state index in [9.17, 15) is 5.11 Å². The van der Waals surface area contributed by atoms with Gasteiger partial charge in [-0.05, 0) is 18.6 Å². The summed E-state index contributed by atoms with van der Waals surface area (Å²) in [5, 5.41) is 17.5. The fourth-order valence-corrected chi connectivity index (χ4v) is 1.51. The van der Waals surface area contributed by atoms with Gasteiger partial charge in [-0.3, -0.25) is 0 Å². The summed E-state index contributed by atoms with van der Waals surface area (Å²) < 4.78 is 0. The molecule has 70 valence electrons. The summed E-state index contributed by atoms with van der Waals surface area (Å²) in [5.74, 6) is 0.848. The molecule has 0 radical (unpaired) electrons. The van der Waals surface area contributed by atoms with Crippen molar-refractivity contribution in [2.45, 2.75) is 18.9 Å². The topological polar surface area (TPSA) is 49.2 Å². The van der Waals surface area contributed by atoms with Gasteiger partial charge in [0.25, 0.3) is 0 Å². The Hall–Kier alpha value is -1.16. The van der Waals surface area contributed by atoms with Gasteiger partial charge in [-0.1, -0.05) is 6.92 Å². The van der Waals surface area contributed by atoms with Crippen LogP contribution in [0.25, 0.3) is 0 Å². The van der Waals surface area contributed by atoms with Crippen LogP contribution in [0.5, 0.6) is 0 Å². The van der Waals surface area contributed by atoms with Crippen molar-refractivity contribution in [3.8, 4) is 0 Å². The highest BCUT2D eigenvalue weighted by atomic mass is 16.3. The number of rotatable bonds is 2. The first-order valence-corrected chi connectivity index (χ1v) is 4.48. The van der Waals surface area contributed by atoms with Crippen LogP contribution in [0, 0.1) is 0 Å². The van der Waals surface area contributed by atoms with E-state index in [0.29, 0.717) is 13.1 Å². The van der Waals surface area contributed by atoms with E-state index in [2.05, 4.69) is 10.2 Å². The molecule has 1 N–H and O–H groups in total. The lowest BCUT2D eigenvalue weighted by Gasteiger charge is -2.46. The molecular formula is C9H13N3O. The van der Waals surface area contributed by atoms with E-state index in [1.54, 1.807) is 6.20 Å². The Balaban J connectivity index is 2.01. The number of hydrogen-bond acceptors (Lipinski definition) is 4. The van der Waals surface area contributed by atoms with Gasteiger partial charge in [0.2, 0.25) is 0 Å². The number of aliphatic hydroxyl groups is 1. The number of nitrogens with zero attached hydrogens (tertiary/aromatic N) is 3. The normalized spacial score (nSPS) is 19.7. The summed E-state index contributed by atoms with van der Waals surface area (Å²) in [5.41, 5.74) is -0.502. The molecule has 1 aromatic heterocycles. The van der Waals surface area contributed by atoms with Crippen LogP contribution in [0.2, 0.25) is 0 Å². The van der Waals surface area contributed by atoms with Gasteiger partial charge in [-0.15, -0.1) is 5.10 Å². The predicted molar refractivity (Wildman–Crippen MR) is 49.5 cm³/mol. The Morgan fingerprint density at radius 1 is 1.62 bits per heavy atom. The van der Waals surface area contributed by atoms with Crippen molar-refractivity contribution in [1.82, 2.24) is 10.2 Å². The average molecular weight is 179 g/mol. The number of β-amino-alcohol motifs (C(OH)–C–C–N with tert-alkyl or cyclic N) is 1. The summed E-state index contributed by atoms with van der Waals surface area (Å²) in [4.78, 5) is 2.02. The minimum atomic E-state index is -0.502. The molecule has 4 heteroatoms. The number of aromatic nitrogens is 2. The minimum Gasteiger partial charge on any atom is -0.386 e. The third kappa shape index (κ3) is 1.49. The van der Waals surface area contributed by atoms with Crippen LogP contribution in [0.1, 0.15) is 13.3 Å². The lowest BCUT2D eigenvalue weighted by atomic mass is 9.91. The van der Waals surface area contributed by atoms with Crippen molar-refractivity contribution in [2.24, 2.45) is 0 Å². The Kier molecular flexibility index (Phi) is 1.92. The summed E-state index contributed by atoms with van der Waals surface area (Å²) in [6.07, 6.45) is 2.44. The first-order valence-electron chi connectivity index (χ1n) is 4.48. The van der Waals surface area contributed by atoms with Gasteiger partial charge < -0.3 is 10.0 Å². The fourth-order valence-electron chi connectivity index (χ4n) is 1.51. The maximum Gasteiger partial charge on any atom is 0.151 e. The molecule has 2 rings (SSSR count). The summed E-state index contributed by atoms with van der Waals surface area (Å²) in [6.45, 7) is 3.33. The van der Waals surface area contributed by atoms with E-state index in [-0.39, 0.29) is 0 Å². The third-order valence-electron chi connectivity index (χ3n) is 2.51. The van der Waals surface area contributed by atoms with Crippen LogP contribution in [0.3, 0.4) is 0 Å².